The maximum atomic E-state index is 12.8. The summed E-state index contributed by atoms with van der Waals surface area (Å²) in [5.74, 6) is 0.485. The molecule has 0 aliphatic carbocycles. The lowest BCUT2D eigenvalue weighted by Gasteiger charge is -2.26. The molecule has 5 heteroatoms. The molecule has 31 heavy (non-hydrogen) atoms. The number of amides is 2. The van der Waals surface area contributed by atoms with E-state index in [9.17, 15) is 9.59 Å². The molecule has 2 amide bonds. The minimum absolute atomic E-state index is 0.0633. The molecule has 1 aliphatic heterocycles. The van der Waals surface area contributed by atoms with Crippen molar-refractivity contribution < 1.29 is 9.59 Å². The van der Waals surface area contributed by atoms with Crippen LogP contribution in [0, 0.1) is 6.92 Å². The number of anilines is 2. The Bertz CT molecular complexity index is 1090. The van der Waals surface area contributed by atoms with Crippen LogP contribution in [0.4, 0.5) is 11.4 Å². The van der Waals surface area contributed by atoms with E-state index in [0.717, 1.165) is 35.3 Å². The van der Waals surface area contributed by atoms with Gasteiger partial charge in [-0.3, -0.25) is 14.5 Å². The van der Waals surface area contributed by atoms with Gasteiger partial charge in [0.25, 0.3) is 5.91 Å². The third-order valence-corrected chi connectivity index (χ3v) is 6.69. The van der Waals surface area contributed by atoms with E-state index in [4.69, 9.17) is 0 Å². The van der Waals surface area contributed by atoms with Crippen LogP contribution < -0.4 is 10.2 Å². The van der Waals surface area contributed by atoms with Gasteiger partial charge in [0.1, 0.15) is 5.37 Å². The average Bonchev–Trinajstić information content (AvgIpc) is 3.16. The second kappa shape index (κ2) is 9.40. The Morgan fingerprint density at radius 2 is 1.74 bits per heavy atom. The number of nitrogens with zero attached hydrogens (tertiary/aromatic N) is 1. The van der Waals surface area contributed by atoms with Crippen molar-refractivity contribution in [3.63, 3.8) is 0 Å². The largest absolute Gasteiger partial charge is 0.322 e. The van der Waals surface area contributed by atoms with Gasteiger partial charge >= 0.3 is 0 Å². The molecule has 1 unspecified atom stereocenters. The van der Waals surface area contributed by atoms with Crippen LogP contribution in [0.1, 0.15) is 45.8 Å². The molecule has 158 valence electrons. The summed E-state index contributed by atoms with van der Waals surface area (Å²) >= 11 is 1.64. The van der Waals surface area contributed by atoms with Crippen LogP contribution in [0.3, 0.4) is 0 Å². The molecule has 3 aromatic rings. The minimum Gasteiger partial charge on any atom is -0.322 e. The van der Waals surface area contributed by atoms with E-state index in [-0.39, 0.29) is 17.2 Å². The number of thioether (sulfide) groups is 1. The van der Waals surface area contributed by atoms with Crippen molar-refractivity contribution >= 4 is 35.0 Å². The van der Waals surface area contributed by atoms with Crippen molar-refractivity contribution in [2.45, 2.75) is 32.1 Å². The molecule has 0 bridgehead atoms. The standard InChI is InChI=1S/C26H26N2O2S/c1-3-8-19-10-5-7-12-23(19)28-24(29)17-31-26(28)20-13-15-21(16-14-20)27-25(30)22-11-6-4-9-18(22)2/h4-7,9-16,26H,3,8,17H2,1-2H3,(H,27,30). The van der Waals surface area contributed by atoms with Crippen LogP contribution in [0.25, 0.3) is 0 Å². The monoisotopic (exact) mass is 430 g/mol. The predicted octanol–water partition coefficient (Wildman–Crippen LogP) is 5.98. The summed E-state index contributed by atoms with van der Waals surface area (Å²) in [5, 5.41) is 2.90. The van der Waals surface area contributed by atoms with Gasteiger partial charge in [0, 0.05) is 16.9 Å². The van der Waals surface area contributed by atoms with Crippen molar-refractivity contribution in [1.82, 2.24) is 0 Å². The first kappa shape index (κ1) is 21.2. The number of hydrogen-bond acceptors (Lipinski definition) is 3. The summed E-state index contributed by atoms with van der Waals surface area (Å²) < 4.78 is 0. The average molecular weight is 431 g/mol. The topological polar surface area (TPSA) is 49.4 Å². The Morgan fingerprint density at radius 1 is 1.03 bits per heavy atom. The summed E-state index contributed by atoms with van der Waals surface area (Å²) in [7, 11) is 0. The Labute approximate surface area is 187 Å². The Hall–Kier alpha value is -3.05. The lowest BCUT2D eigenvalue weighted by molar-refractivity contribution is -0.115. The molecule has 3 aromatic carbocycles. The van der Waals surface area contributed by atoms with Crippen LogP contribution in [0.15, 0.2) is 72.8 Å². The van der Waals surface area contributed by atoms with Crippen molar-refractivity contribution in [3.05, 3.63) is 95.1 Å². The highest BCUT2D eigenvalue weighted by atomic mass is 32.2. The highest BCUT2D eigenvalue weighted by molar-refractivity contribution is 8.00. The smallest absolute Gasteiger partial charge is 0.255 e. The van der Waals surface area contributed by atoms with Gasteiger partial charge in [-0.25, -0.2) is 0 Å². The molecule has 1 saturated heterocycles. The number of carbonyl (C=O) groups excluding carboxylic acids is 2. The zero-order chi connectivity index (χ0) is 21.8. The summed E-state index contributed by atoms with van der Waals surface area (Å²) in [4.78, 5) is 27.3. The molecule has 0 radical (unpaired) electrons. The quantitative estimate of drug-likeness (QED) is 0.523. The lowest BCUT2D eigenvalue weighted by Crippen LogP contribution is -2.28. The highest BCUT2D eigenvalue weighted by Gasteiger charge is 2.34. The molecule has 0 saturated carbocycles. The fraction of sp³-hybridized carbons (Fsp3) is 0.231. The van der Waals surface area contributed by atoms with Gasteiger partial charge in [-0.1, -0.05) is 61.9 Å². The Kier molecular flexibility index (Phi) is 6.42. The molecule has 1 heterocycles. The van der Waals surface area contributed by atoms with Gasteiger partial charge in [0.15, 0.2) is 0 Å². The zero-order valence-corrected chi connectivity index (χ0v) is 18.6. The first-order chi connectivity index (χ1) is 15.1. The molecule has 1 fully saturated rings. The molecule has 1 atom stereocenters. The van der Waals surface area contributed by atoms with E-state index in [2.05, 4.69) is 18.3 Å². The summed E-state index contributed by atoms with van der Waals surface area (Å²) in [6, 6.07) is 23.5. The fourth-order valence-corrected chi connectivity index (χ4v) is 5.08. The number of nitrogens with one attached hydrogen (secondary N) is 1. The van der Waals surface area contributed by atoms with Gasteiger partial charge in [0.2, 0.25) is 5.91 Å². The van der Waals surface area contributed by atoms with Crippen LogP contribution in [-0.2, 0) is 11.2 Å². The van der Waals surface area contributed by atoms with E-state index in [1.807, 2.05) is 78.6 Å². The van der Waals surface area contributed by atoms with Gasteiger partial charge < -0.3 is 5.32 Å². The Balaban J connectivity index is 1.55. The SMILES string of the molecule is CCCc1ccccc1N1C(=O)CSC1c1ccc(NC(=O)c2ccccc2C)cc1. The van der Waals surface area contributed by atoms with Crippen molar-refractivity contribution in [1.29, 1.82) is 0 Å². The summed E-state index contributed by atoms with van der Waals surface area (Å²) in [6.45, 7) is 4.08. The molecule has 0 spiro atoms. The maximum absolute atomic E-state index is 12.8. The lowest BCUT2D eigenvalue weighted by atomic mass is 10.1. The summed E-state index contributed by atoms with van der Waals surface area (Å²) in [6.07, 6.45) is 1.98. The van der Waals surface area contributed by atoms with Crippen molar-refractivity contribution in [2.24, 2.45) is 0 Å². The Morgan fingerprint density at radius 3 is 2.48 bits per heavy atom. The van der Waals surface area contributed by atoms with Crippen LogP contribution in [0.2, 0.25) is 0 Å². The van der Waals surface area contributed by atoms with Gasteiger partial charge in [-0.2, -0.15) is 0 Å². The van der Waals surface area contributed by atoms with Crippen LogP contribution >= 0.6 is 11.8 Å². The highest BCUT2D eigenvalue weighted by Crippen LogP contribution is 2.43. The normalized spacial score (nSPS) is 15.9. The number of aryl methyl sites for hydroxylation is 2. The van der Waals surface area contributed by atoms with E-state index in [1.165, 1.54) is 5.56 Å². The zero-order valence-electron chi connectivity index (χ0n) is 17.8. The minimum atomic E-state index is -0.119. The second-order valence-electron chi connectivity index (χ2n) is 7.70. The van der Waals surface area contributed by atoms with Crippen LogP contribution in [-0.4, -0.2) is 17.6 Å². The third-order valence-electron chi connectivity index (χ3n) is 5.48. The molecular weight excluding hydrogens is 404 g/mol. The molecule has 0 aromatic heterocycles. The number of hydrogen-bond donors (Lipinski definition) is 1. The van der Waals surface area contributed by atoms with Gasteiger partial charge in [-0.15, -0.1) is 11.8 Å². The van der Waals surface area contributed by atoms with E-state index >= 15 is 0 Å². The third kappa shape index (κ3) is 4.52. The number of benzene rings is 3. The van der Waals surface area contributed by atoms with Crippen LogP contribution in [0.5, 0.6) is 0 Å². The van der Waals surface area contributed by atoms with E-state index < -0.39 is 0 Å². The second-order valence-corrected chi connectivity index (χ2v) is 8.77. The maximum Gasteiger partial charge on any atom is 0.255 e. The number of carbonyl (C=O) groups is 2. The van der Waals surface area contributed by atoms with Gasteiger partial charge in [0.05, 0.1) is 5.75 Å². The molecule has 4 nitrogen and oxygen atoms in total. The molecule has 1 N–H and O–H groups in total. The fourth-order valence-electron chi connectivity index (χ4n) is 3.91. The number of rotatable bonds is 6. The van der Waals surface area contributed by atoms with Crippen molar-refractivity contribution in [2.75, 3.05) is 16.0 Å². The number of para-hydroxylation sites is 1. The van der Waals surface area contributed by atoms with E-state index in [1.54, 1.807) is 11.8 Å². The predicted molar refractivity (Wildman–Crippen MR) is 129 cm³/mol. The first-order valence-corrected chi connectivity index (χ1v) is 11.6. The van der Waals surface area contributed by atoms with Crippen molar-refractivity contribution in [3.8, 4) is 0 Å². The van der Waals surface area contributed by atoms with E-state index in [0.29, 0.717) is 11.3 Å². The molecule has 1 aliphatic rings. The van der Waals surface area contributed by atoms with Gasteiger partial charge in [-0.05, 0) is 54.3 Å². The molecular formula is C26H26N2O2S. The summed E-state index contributed by atoms with van der Waals surface area (Å²) in [5.41, 5.74) is 5.61. The first-order valence-electron chi connectivity index (χ1n) is 10.6. The molecule has 4 rings (SSSR count).